The Balaban J connectivity index is 1.13. The lowest BCUT2D eigenvalue weighted by Crippen LogP contribution is -2.63. The highest BCUT2D eigenvalue weighted by molar-refractivity contribution is 5.78. The summed E-state index contributed by atoms with van der Waals surface area (Å²) < 4.78 is 5.53. The molecule has 7 heteroatoms. The van der Waals surface area contributed by atoms with Crippen LogP contribution in [0.1, 0.15) is 70.6 Å². The smallest absolute Gasteiger partial charge is 0.223 e. The van der Waals surface area contributed by atoms with E-state index in [2.05, 4.69) is 33.2 Å². The SMILES string of the molecule is COC1CCC(C2CNC(NC3CCCC(C(=O)NCCC4CCCN4C)C3)NC2)CC1. The van der Waals surface area contributed by atoms with Crippen molar-refractivity contribution in [1.82, 2.24) is 26.2 Å². The van der Waals surface area contributed by atoms with Crippen LogP contribution in [0, 0.1) is 17.8 Å². The number of carbonyl (C=O) groups is 1. The summed E-state index contributed by atoms with van der Waals surface area (Å²) in [7, 11) is 4.05. The van der Waals surface area contributed by atoms with Crippen LogP contribution in [0.5, 0.6) is 0 Å². The van der Waals surface area contributed by atoms with Crippen molar-refractivity contribution in [3.8, 4) is 0 Å². The van der Waals surface area contributed by atoms with Gasteiger partial charge in [-0.15, -0.1) is 0 Å². The van der Waals surface area contributed by atoms with Crippen molar-refractivity contribution >= 4 is 5.91 Å². The fourth-order valence-corrected chi connectivity index (χ4v) is 6.60. The predicted molar refractivity (Wildman–Crippen MR) is 128 cm³/mol. The van der Waals surface area contributed by atoms with Crippen LogP contribution < -0.4 is 21.3 Å². The first kappa shape index (κ1) is 24.4. The van der Waals surface area contributed by atoms with E-state index in [1.807, 2.05) is 7.11 Å². The third-order valence-electron chi connectivity index (χ3n) is 8.78. The Labute approximate surface area is 195 Å². The van der Waals surface area contributed by atoms with E-state index in [9.17, 15) is 4.79 Å². The largest absolute Gasteiger partial charge is 0.381 e. The summed E-state index contributed by atoms with van der Waals surface area (Å²) in [4.78, 5) is 15.2. The predicted octanol–water partition coefficient (Wildman–Crippen LogP) is 2.03. The number of hydrogen-bond donors (Lipinski definition) is 4. The van der Waals surface area contributed by atoms with Crippen molar-refractivity contribution in [2.45, 2.75) is 95.1 Å². The molecule has 4 aliphatic rings. The summed E-state index contributed by atoms with van der Waals surface area (Å²) in [6.07, 6.45) is 13.6. The van der Waals surface area contributed by atoms with Crippen molar-refractivity contribution in [2.75, 3.05) is 40.3 Å². The Morgan fingerprint density at radius 2 is 1.78 bits per heavy atom. The van der Waals surface area contributed by atoms with Gasteiger partial charge in [0.05, 0.1) is 6.10 Å². The molecular formula is C25H47N5O2. The van der Waals surface area contributed by atoms with Crippen molar-refractivity contribution in [2.24, 2.45) is 17.8 Å². The van der Waals surface area contributed by atoms with Crippen LogP contribution in [0.2, 0.25) is 0 Å². The number of likely N-dealkylation sites (tertiary alicyclic amines) is 1. The lowest BCUT2D eigenvalue weighted by molar-refractivity contribution is -0.126. The first-order valence-corrected chi connectivity index (χ1v) is 13.4. The third-order valence-corrected chi connectivity index (χ3v) is 8.78. The van der Waals surface area contributed by atoms with E-state index in [4.69, 9.17) is 4.74 Å². The van der Waals surface area contributed by atoms with Crippen LogP contribution >= 0.6 is 0 Å². The molecule has 2 aliphatic carbocycles. The van der Waals surface area contributed by atoms with Crippen molar-refractivity contribution in [3.63, 3.8) is 0 Å². The number of carbonyl (C=O) groups excluding carboxylic acids is 1. The number of hydrogen-bond acceptors (Lipinski definition) is 6. The summed E-state index contributed by atoms with van der Waals surface area (Å²) in [6, 6.07) is 1.07. The highest BCUT2D eigenvalue weighted by atomic mass is 16.5. The van der Waals surface area contributed by atoms with Gasteiger partial charge in [-0.3, -0.25) is 20.7 Å². The van der Waals surface area contributed by atoms with Gasteiger partial charge in [0, 0.05) is 44.7 Å². The molecule has 1 amide bonds. The quantitative estimate of drug-likeness (QED) is 0.454. The average Bonchev–Trinajstić information content (AvgIpc) is 3.24. The second-order valence-corrected chi connectivity index (χ2v) is 10.9. The molecule has 7 nitrogen and oxygen atoms in total. The number of ether oxygens (including phenoxy) is 1. The van der Waals surface area contributed by atoms with Gasteiger partial charge in [0.15, 0.2) is 0 Å². The molecule has 0 spiro atoms. The summed E-state index contributed by atoms with van der Waals surface area (Å²) in [5.74, 6) is 1.96. The Hall–Kier alpha value is -0.730. The number of nitrogens with one attached hydrogen (secondary N) is 4. The highest BCUT2D eigenvalue weighted by Gasteiger charge is 2.33. The molecule has 0 aromatic carbocycles. The van der Waals surface area contributed by atoms with E-state index in [-0.39, 0.29) is 18.1 Å². The van der Waals surface area contributed by atoms with E-state index in [1.54, 1.807) is 0 Å². The molecule has 184 valence electrons. The lowest BCUT2D eigenvalue weighted by atomic mass is 9.78. The van der Waals surface area contributed by atoms with Gasteiger partial charge in [0.25, 0.3) is 0 Å². The third kappa shape index (κ3) is 6.66. The standard InChI is InChI=1S/C25H47N5O2/c1-30-14-4-7-22(30)12-13-26-24(31)19-5-3-6-21(15-19)29-25-27-16-20(17-28-25)18-8-10-23(32-2)11-9-18/h18-23,25,27-29H,3-17H2,1-2H3,(H,26,31). The van der Waals surface area contributed by atoms with Crippen LogP contribution in [0.15, 0.2) is 0 Å². The van der Waals surface area contributed by atoms with Gasteiger partial charge >= 0.3 is 0 Å². The van der Waals surface area contributed by atoms with Gasteiger partial charge in [-0.1, -0.05) is 6.42 Å². The van der Waals surface area contributed by atoms with Gasteiger partial charge in [0.1, 0.15) is 6.29 Å². The van der Waals surface area contributed by atoms with Crippen molar-refractivity contribution in [1.29, 1.82) is 0 Å². The normalized spacial score (nSPS) is 39.1. The van der Waals surface area contributed by atoms with Crippen molar-refractivity contribution in [3.05, 3.63) is 0 Å². The van der Waals surface area contributed by atoms with Crippen LogP contribution in [0.25, 0.3) is 0 Å². The molecular weight excluding hydrogens is 402 g/mol. The summed E-state index contributed by atoms with van der Waals surface area (Å²) in [6.45, 7) is 4.19. The Bertz CT molecular complexity index is 575. The maximum Gasteiger partial charge on any atom is 0.223 e. The lowest BCUT2D eigenvalue weighted by Gasteiger charge is -2.40. The molecule has 2 saturated heterocycles. The number of rotatable bonds is 8. The minimum Gasteiger partial charge on any atom is -0.381 e. The maximum atomic E-state index is 12.8. The molecule has 2 saturated carbocycles. The fourth-order valence-electron chi connectivity index (χ4n) is 6.60. The van der Waals surface area contributed by atoms with Gasteiger partial charge in [-0.25, -0.2) is 0 Å². The topological polar surface area (TPSA) is 77.7 Å². The molecule has 2 heterocycles. The molecule has 4 rings (SSSR count). The molecule has 32 heavy (non-hydrogen) atoms. The van der Waals surface area contributed by atoms with E-state index < -0.39 is 0 Å². The molecule has 3 unspecified atom stereocenters. The zero-order valence-electron chi connectivity index (χ0n) is 20.4. The van der Waals surface area contributed by atoms with Gasteiger partial charge in [-0.2, -0.15) is 0 Å². The number of amides is 1. The molecule has 2 aliphatic heterocycles. The van der Waals surface area contributed by atoms with Crippen LogP contribution in [-0.2, 0) is 9.53 Å². The van der Waals surface area contributed by atoms with E-state index in [1.165, 1.54) is 51.5 Å². The van der Waals surface area contributed by atoms with Crippen LogP contribution in [-0.4, -0.2) is 75.6 Å². The van der Waals surface area contributed by atoms with Gasteiger partial charge in [0.2, 0.25) is 5.91 Å². The molecule has 0 aromatic rings. The van der Waals surface area contributed by atoms with E-state index in [0.717, 1.165) is 57.2 Å². The zero-order valence-corrected chi connectivity index (χ0v) is 20.4. The maximum absolute atomic E-state index is 12.8. The minimum absolute atomic E-state index is 0.162. The van der Waals surface area contributed by atoms with Crippen molar-refractivity contribution < 1.29 is 9.53 Å². The zero-order chi connectivity index (χ0) is 22.3. The number of nitrogens with zero attached hydrogens (tertiary/aromatic N) is 1. The Morgan fingerprint density at radius 3 is 2.47 bits per heavy atom. The fraction of sp³-hybridized carbons (Fsp3) is 0.960. The molecule has 0 aromatic heterocycles. The highest BCUT2D eigenvalue weighted by Crippen LogP contribution is 2.32. The molecule has 4 N–H and O–H groups in total. The van der Waals surface area contributed by atoms with Gasteiger partial charge in [-0.05, 0) is 89.6 Å². The second kappa shape index (κ2) is 12.1. The first-order chi connectivity index (χ1) is 15.6. The van der Waals surface area contributed by atoms with Crippen LogP contribution in [0.4, 0.5) is 0 Å². The Kier molecular flexibility index (Phi) is 9.23. The Morgan fingerprint density at radius 1 is 1.00 bits per heavy atom. The molecule has 0 radical (unpaired) electrons. The van der Waals surface area contributed by atoms with E-state index >= 15 is 0 Å². The monoisotopic (exact) mass is 449 g/mol. The second-order valence-electron chi connectivity index (χ2n) is 10.9. The number of methoxy groups -OCH3 is 1. The summed E-state index contributed by atoms with van der Waals surface area (Å²) >= 11 is 0. The first-order valence-electron chi connectivity index (χ1n) is 13.4. The minimum atomic E-state index is 0.162. The summed E-state index contributed by atoms with van der Waals surface area (Å²) in [5, 5.41) is 14.4. The summed E-state index contributed by atoms with van der Waals surface area (Å²) in [5.41, 5.74) is 0. The van der Waals surface area contributed by atoms with E-state index in [0.29, 0.717) is 18.2 Å². The average molecular weight is 450 g/mol. The van der Waals surface area contributed by atoms with Crippen LogP contribution in [0.3, 0.4) is 0 Å². The molecule has 3 atom stereocenters. The molecule has 4 fully saturated rings. The molecule has 0 bridgehead atoms. The van der Waals surface area contributed by atoms with Gasteiger partial charge < -0.3 is 15.0 Å².